The van der Waals surface area contributed by atoms with Gasteiger partial charge in [0.15, 0.2) is 11.4 Å². The number of carbonyl (C=O) groups is 2. The SMILES string of the molecule is CC(=O)OC(C)(C)[C@H]1O[C@H]2CC[C@@]3(C)[C@@](O)(CC[C@H]4Cc5c([nH]c6ccc7c(c56)C[C@@H]5[C@@H](C7=O)C(C)(C)OC5(C)C)[C@@]43C)[C@]23O[C@@H]3[C@@H]1O. The zero-order valence-corrected chi connectivity index (χ0v) is 29.8. The van der Waals surface area contributed by atoms with E-state index in [4.69, 9.17) is 18.9 Å². The number of ketones is 1. The monoisotopic (exact) mass is 661 g/mol. The van der Waals surface area contributed by atoms with Crippen LogP contribution in [-0.4, -0.2) is 79.4 Å². The van der Waals surface area contributed by atoms with Crippen molar-refractivity contribution >= 4 is 22.7 Å². The lowest BCUT2D eigenvalue weighted by atomic mass is 9.40. The number of fused-ring (bicyclic) bond motifs is 10. The summed E-state index contributed by atoms with van der Waals surface area (Å²) in [5, 5.41) is 26.0. The molecule has 2 saturated carbocycles. The Balaban J connectivity index is 1.13. The van der Waals surface area contributed by atoms with Crippen LogP contribution in [-0.2, 0) is 42.0 Å². The number of ether oxygens (including phenoxy) is 4. The molecule has 9 nitrogen and oxygen atoms in total. The average Bonchev–Trinajstić information content (AvgIpc) is 3.48. The molecule has 3 N–H and O–H groups in total. The van der Waals surface area contributed by atoms with Gasteiger partial charge in [-0.2, -0.15) is 0 Å². The number of H-pyrrole nitrogens is 1. The predicted octanol–water partition coefficient (Wildman–Crippen LogP) is 5.09. The molecule has 5 fully saturated rings. The first-order valence-corrected chi connectivity index (χ1v) is 18.1. The average molecular weight is 662 g/mol. The highest BCUT2D eigenvalue weighted by Crippen LogP contribution is 2.75. The second-order valence-corrected chi connectivity index (χ2v) is 18.4. The summed E-state index contributed by atoms with van der Waals surface area (Å²) in [7, 11) is 0. The van der Waals surface area contributed by atoms with Gasteiger partial charge in [-0.05, 0) is 109 Å². The summed E-state index contributed by atoms with van der Waals surface area (Å²) in [4.78, 5) is 30.0. The molecule has 0 amide bonds. The first kappa shape index (κ1) is 31.7. The molecule has 260 valence electrons. The summed E-state index contributed by atoms with van der Waals surface area (Å²) >= 11 is 0. The number of esters is 1. The Hall–Kier alpha value is -2.30. The smallest absolute Gasteiger partial charge is 0.303 e. The zero-order valence-electron chi connectivity index (χ0n) is 29.8. The number of aromatic nitrogens is 1. The number of hydrogen-bond donors (Lipinski definition) is 3. The van der Waals surface area contributed by atoms with Crippen LogP contribution >= 0.6 is 0 Å². The Morgan fingerprint density at radius 1 is 1.02 bits per heavy atom. The Morgan fingerprint density at radius 3 is 2.46 bits per heavy atom. The maximum absolute atomic E-state index is 14.2. The number of nitrogens with one attached hydrogen (secondary N) is 1. The van der Waals surface area contributed by atoms with E-state index in [1.54, 1.807) is 13.8 Å². The number of epoxide rings is 1. The zero-order chi connectivity index (χ0) is 34.4. The highest BCUT2D eigenvalue weighted by atomic mass is 16.7. The van der Waals surface area contributed by atoms with Crippen LogP contribution in [0.3, 0.4) is 0 Å². The van der Waals surface area contributed by atoms with Crippen molar-refractivity contribution in [3.63, 3.8) is 0 Å². The lowest BCUT2D eigenvalue weighted by molar-refractivity contribution is -0.282. The topological polar surface area (TPSA) is 131 Å². The number of aliphatic hydroxyl groups is 2. The highest BCUT2D eigenvalue weighted by Gasteiger charge is 2.86. The molecule has 4 aliphatic carbocycles. The maximum atomic E-state index is 14.2. The summed E-state index contributed by atoms with van der Waals surface area (Å²) in [6, 6.07) is 4.10. The molecular weight excluding hydrogens is 610 g/mol. The van der Waals surface area contributed by atoms with Gasteiger partial charge in [-0.1, -0.05) is 13.8 Å². The third-order valence-electron chi connectivity index (χ3n) is 15.2. The lowest BCUT2D eigenvalue weighted by Crippen LogP contribution is -2.76. The molecule has 3 saturated heterocycles. The van der Waals surface area contributed by atoms with Crippen molar-refractivity contribution in [2.75, 3.05) is 0 Å². The second kappa shape index (κ2) is 8.94. The molecule has 3 aliphatic heterocycles. The molecule has 11 atom stereocenters. The Bertz CT molecular complexity index is 1810. The fourth-order valence-corrected chi connectivity index (χ4v) is 13.0. The fraction of sp³-hybridized carbons (Fsp3) is 0.744. The van der Waals surface area contributed by atoms with Gasteiger partial charge >= 0.3 is 5.97 Å². The molecule has 1 aromatic carbocycles. The number of aliphatic hydroxyl groups excluding tert-OH is 1. The number of carbonyl (C=O) groups excluding carboxylic acids is 2. The third kappa shape index (κ3) is 3.37. The normalized spacial score (nSPS) is 46.1. The van der Waals surface area contributed by atoms with Gasteiger partial charge in [0.25, 0.3) is 0 Å². The number of rotatable bonds is 2. The summed E-state index contributed by atoms with van der Waals surface area (Å²) in [6.07, 6.45) is 1.55. The van der Waals surface area contributed by atoms with E-state index in [2.05, 4.69) is 52.6 Å². The van der Waals surface area contributed by atoms with Gasteiger partial charge in [-0.25, -0.2) is 0 Å². The number of hydrogen-bond acceptors (Lipinski definition) is 8. The molecule has 48 heavy (non-hydrogen) atoms. The van der Waals surface area contributed by atoms with Crippen molar-refractivity contribution in [3.05, 3.63) is 34.5 Å². The van der Waals surface area contributed by atoms with Gasteiger partial charge in [0, 0.05) is 45.8 Å². The van der Waals surface area contributed by atoms with Gasteiger partial charge in [0.2, 0.25) is 0 Å². The van der Waals surface area contributed by atoms with Gasteiger partial charge in [0.1, 0.15) is 29.5 Å². The molecule has 7 aliphatic rings. The molecule has 2 aromatic rings. The number of aromatic amines is 1. The molecule has 4 heterocycles. The van der Waals surface area contributed by atoms with Crippen LogP contribution < -0.4 is 0 Å². The summed E-state index contributed by atoms with van der Waals surface area (Å²) in [6.45, 7) is 17.8. The molecule has 1 aromatic heterocycles. The molecule has 0 unspecified atom stereocenters. The third-order valence-corrected chi connectivity index (χ3v) is 15.2. The van der Waals surface area contributed by atoms with Crippen molar-refractivity contribution < 1.29 is 38.7 Å². The van der Waals surface area contributed by atoms with E-state index in [0.29, 0.717) is 25.2 Å². The van der Waals surface area contributed by atoms with Crippen LogP contribution in [0.15, 0.2) is 12.1 Å². The van der Waals surface area contributed by atoms with Gasteiger partial charge < -0.3 is 34.1 Å². The Kier molecular flexibility index (Phi) is 5.90. The van der Waals surface area contributed by atoms with Gasteiger partial charge in [-0.15, -0.1) is 0 Å². The van der Waals surface area contributed by atoms with E-state index in [1.165, 1.54) is 23.6 Å². The minimum Gasteiger partial charge on any atom is -0.457 e. The van der Waals surface area contributed by atoms with E-state index in [-0.39, 0.29) is 17.6 Å². The van der Waals surface area contributed by atoms with Crippen molar-refractivity contribution in [1.29, 1.82) is 0 Å². The maximum Gasteiger partial charge on any atom is 0.303 e. The van der Waals surface area contributed by atoms with E-state index < -0.39 is 69.2 Å². The van der Waals surface area contributed by atoms with Crippen LogP contribution in [0.2, 0.25) is 0 Å². The molecule has 0 bridgehead atoms. The van der Waals surface area contributed by atoms with E-state index in [0.717, 1.165) is 35.9 Å². The number of Topliss-reactive ketones (excluding diaryl/α,β-unsaturated/α-hetero) is 1. The molecule has 1 spiro atoms. The van der Waals surface area contributed by atoms with Crippen LogP contribution in [0.4, 0.5) is 0 Å². The van der Waals surface area contributed by atoms with Crippen LogP contribution in [0.1, 0.15) is 115 Å². The first-order valence-electron chi connectivity index (χ1n) is 18.1. The lowest BCUT2D eigenvalue weighted by Gasteiger charge is -2.66. The van der Waals surface area contributed by atoms with Gasteiger partial charge in [0.05, 0.1) is 23.2 Å². The van der Waals surface area contributed by atoms with E-state index in [9.17, 15) is 19.8 Å². The predicted molar refractivity (Wildman–Crippen MR) is 177 cm³/mol. The largest absolute Gasteiger partial charge is 0.457 e. The molecule has 0 radical (unpaired) electrons. The van der Waals surface area contributed by atoms with Crippen molar-refractivity contribution in [2.24, 2.45) is 23.2 Å². The van der Waals surface area contributed by atoms with Crippen LogP contribution in [0, 0.1) is 23.2 Å². The van der Waals surface area contributed by atoms with Crippen molar-refractivity contribution in [1.82, 2.24) is 4.98 Å². The Morgan fingerprint density at radius 2 is 1.75 bits per heavy atom. The fourth-order valence-electron chi connectivity index (χ4n) is 13.0. The summed E-state index contributed by atoms with van der Waals surface area (Å²) in [5.74, 6) is -0.0213. The summed E-state index contributed by atoms with van der Waals surface area (Å²) in [5.41, 5.74) is 0.212. The van der Waals surface area contributed by atoms with Gasteiger partial charge in [-0.3, -0.25) is 9.59 Å². The molecular formula is C39H51NO8. The minimum atomic E-state index is -1.26. The number of benzene rings is 1. The standard InChI is InChI=1S/C39H51NO8/c1-18(41)46-35(6,7)31-29(43)32-39(47-32)25(45-31)13-14-36(8)37(9)19(12-15-38(36,39)44)16-22-26-21-17-23-27(34(4,5)48-33(23,2)3)28(42)20(21)10-11-24(26)40-30(22)37/h10-11,19,23,25,27,29,31-32,40,43-44H,12-17H2,1-9H3/t19-,23+,25-,27-,29+,31-,32+,36+,37+,38-,39-/m0/s1. The Labute approximate surface area is 282 Å². The second-order valence-electron chi connectivity index (χ2n) is 18.4. The first-order chi connectivity index (χ1) is 22.3. The highest BCUT2D eigenvalue weighted by molar-refractivity contribution is 6.06. The van der Waals surface area contributed by atoms with Crippen LogP contribution in [0.5, 0.6) is 0 Å². The molecule has 9 rings (SSSR count). The quantitative estimate of drug-likeness (QED) is 0.300. The van der Waals surface area contributed by atoms with E-state index in [1.807, 2.05) is 6.07 Å². The van der Waals surface area contributed by atoms with E-state index >= 15 is 0 Å². The van der Waals surface area contributed by atoms with Crippen molar-refractivity contribution in [2.45, 2.75) is 159 Å². The van der Waals surface area contributed by atoms with Crippen LogP contribution in [0.25, 0.3) is 10.9 Å². The minimum absolute atomic E-state index is 0.0937. The summed E-state index contributed by atoms with van der Waals surface area (Å²) < 4.78 is 25.3. The van der Waals surface area contributed by atoms with Crippen molar-refractivity contribution in [3.8, 4) is 0 Å². The molecule has 9 heteroatoms.